The van der Waals surface area contributed by atoms with Gasteiger partial charge < -0.3 is 0 Å². The molecule has 1 heterocycles. The van der Waals surface area contributed by atoms with Crippen LogP contribution in [0.15, 0.2) is 41.4 Å². The fourth-order valence-electron chi connectivity index (χ4n) is 1.51. The lowest BCUT2D eigenvalue weighted by Gasteiger charge is -2.09. The number of aromatic nitrogens is 2. The number of hydrogen-bond acceptors (Lipinski definition) is 5. The van der Waals surface area contributed by atoms with Gasteiger partial charge in [-0.15, -0.1) is 5.10 Å². The number of nitriles is 1. The second-order valence-corrected chi connectivity index (χ2v) is 5.46. The van der Waals surface area contributed by atoms with E-state index in [9.17, 15) is 8.42 Å². The minimum absolute atomic E-state index is 0.0530. The van der Waals surface area contributed by atoms with E-state index in [1.54, 1.807) is 25.1 Å². The molecule has 19 heavy (non-hydrogen) atoms. The molecule has 0 unspecified atom stereocenters. The van der Waals surface area contributed by atoms with E-state index in [2.05, 4.69) is 14.9 Å². The van der Waals surface area contributed by atoms with Crippen LogP contribution in [0.25, 0.3) is 0 Å². The van der Waals surface area contributed by atoms with Crippen LogP contribution < -0.4 is 4.72 Å². The van der Waals surface area contributed by atoms with Crippen molar-refractivity contribution in [1.82, 2.24) is 10.2 Å². The van der Waals surface area contributed by atoms with Gasteiger partial charge in [-0.25, -0.2) is 8.42 Å². The molecule has 0 aliphatic carbocycles. The normalized spacial score (nSPS) is 10.7. The summed E-state index contributed by atoms with van der Waals surface area (Å²) in [5.74, 6) is 0.129. The molecule has 96 valence electrons. The number of anilines is 1. The van der Waals surface area contributed by atoms with Gasteiger partial charge >= 0.3 is 0 Å². The van der Waals surface area contributed by atoms with Crippen LogP contribution in [-0.2, 0) is 10.0 Å². The first-order valence-corrected chi connectivity index (χ1v) is 6.82. The summed E-state index contributed by atoms with van der Waals surface area (Å²) in [7, 11) is -3.78. The molecule has 1 N–H and O–H groups in total. The molecule has 0 spiro atoms. The van der Waals surface area contributed by atoms with Gasteiger partial charge in [-0.05, 0) is 36.8 Å². The Morgan fingerprint density at radius 1 is 1.32 bits per heavy atom. The standard InChI is InChI=1S/C12H10N4O2S/c1-9-4-5-10(8-13)7-11(9)19(17,18)16-12-3-2-6-14-15-12/h2-7H,1H3,(H,15,16). The van der Waals surface area contributed by atoms with Crippen LogP contribution in [0.2, 0.25) is 0 Å². The lowest BCUT2D eigenvalue weighted by molar-refractivity contribution is 0.600. The second-order valence-electron chi connectivity index (χ2n) is 3.81. The molecule has 6 nitrogen and oxygen atoms in total. The summed E-state index contributed by atoms with van der Waals surface area (Å²) in [6.45, 7) is 1.66. The maximum Gasteiger partial charge on any atom is 0.263 e. The first-order valence-electron chi connectivity index (χ1n) is 5.34. The third kappa shape index (κ3) is 2.86. The predicted molar refractivity (Wildman–Crippen MR) is 68.7 cm³/mol. The van der Waals surface area contributed by atoms with Crippen molar-refractivity contribution < 1.29 is 8.42 Å². The summed E-state index contributed by atoms with van der Waals surface area (Å²) in [6.07, 6.45) is 1.44. The highest BCUT2D eigenvalue weighted by atomic mass is 32.2. The van der Waals surface area contributed by atoms with Crippen molar-refractivity contribution in [1.29, 1.82) is 5.26 Å². The summed E-state index contributed by atoms with van der Waals surface area (Å²) in [5.41, 5.74) is 0.834. The van der Waals surface area contributed by atoms with Gasteiger partial charge in [0.1, 0.15) is 0 Å². The lowest BCUT2D eigenvalue weighted by Crippen LogP contribution is -2.15. The van der Waals surface area contributed by atoms with Crippen molar-refractivity contribution in [2.75, 3.05) is 4.72 Å². The molecular formula is C12H10N4O2S. The van der Waals surface area contributed by atoms with Gasteiger partial charge in [-0.3, -0.25) is 4.72 Å². The summed E-state index contributed by atoms with van der Waals surface area (Å²) >= 11 is 0. The zero-order valence-corrected chi connectivity index (χ0v) is 10.8. The lowest BCUT2D eigenvalue weighted by atomic mass is 10.2. The molecule has 7 heteroatoms. The Bertz CT molecular complexity index is 736. The molecule has 0 saturated carbocycles. The molecule has 0 amide bonds. The highest BCUT2D eigenvalue weighted by molar-refractivity contribution is 7.92. The van der Waals surface area contributed by atoms with Crippen molar-refractivity contribution >= 4 is 15.8 Å². The zero-order valence-electron chi connectivity index (χ0n) is 10.0. The SMILES string of the molecule is Cc1ccc(C#N)cc1S(=O)(=O)Nc1cccnn1. The molecule has 0 saturated heterocycles. The number of aryl methyl sites for hydroxylation is 1. The van der Waals surface area contributed by atoms with E-state index in [0.717, 1.165) is 0 Å². The average molecular weight is 274 g/mol. The molecule has 0 fully saturated rings. The van der Waals surface area contributed by atoms with E-state index in [4.69, 9.17) is 5.26 Å². The molecule has 0 atom stereocenters. The van der Waals surface area contributed by atoms with Crippen LogP contribution in [0.3, 0.4) is 0 Å². The van der Waals surface area contributed by atoms with Crippen LogP contribution >= 0.6 is 0 Å². The van der Waals surface area contributed by atoms with Gasteiger partial charge in [0.15, 0.2) is 5.82 Å². The van der Waals surface area contributed by atoms with Crippen LogP contribution in [0.4, 0.5) is 5.82 Å². The van der Waals surface area contributed by atoms with Crippen LogP contribution in [0.5, 0.6) is 0 Å². The van der Waals surface area contributed by atoms with E-state index in [1.165, 1.54) is 18.3 Å². The van der Waals surface area contributed by atoms with Crippen molar-refractivity contribution in [3.8, 4) is 6.07 Å². The quantitative estimate of drug-likeness (QED) is 0.914. The minimum Gasteiger partial charge on any atom is -0.262 e. The van der Waals surface area contributed by atoms with Crippen LogP contribution in [0, 0.1) is 18.3 Å². The minimum atomic E-state index is -3.78. The maximum atomic E-state index is 12.2. The molecule has 0 aliphatic heterocycles. The van der Waals surface area contributed by atoms with E-state index >= 15 is 0 Å². The van der Waals surface area contributed by atoms with Crippen LogP contribution in [-0.4, -0.2) is 18.6 Å². The maximum absolute atomic E-state index is 12.2. The number of hydrogen-bond donors (Lipinski definition) is 1. The van der Waals surface area contributed by atoms with E-state index in [0.29, 0.717) is 5.56 Å². The van der Waals surface area contributed by atoms with Gasteiger partial charge in [-0.2, -0.15) is 10.4 Å². The molecular weight excluding hydrogens is 264 g/mol. The average Bonchev–Trinajstić information content (AvgIpc) is 2.39. The highest BCUT2D eigenvalue weighted by Crippen LogP contribution is 2.19. The number of benzene rings is 1. The molecule has 2 aromatic rings. The first kappa shape index (κ1) is 13.0. The van der Waals surface area contributed by atoms with Crippen LogP contribution in [0.1, 0.15) is 11.1 Å². The molecule has 0 aliphatic rings. The van der Waals surface area contributed by atoms with Gasteiger partial charge in [-0.1, -0.05) is 6.07 Å². The largest absolute Gasteiger partial charge is 0.263 e. The summed E-state index contributed by atoms with van der Waals surface area (Å²) in [4.78, 5) is 0.0530. The van der Waals surface area contributed by atoms with Crippen molar-refractivity contribution in [3.63, 3.8) is 0 Å². The van der Waals surface area contributed by atoms with Crippen molar-refractivity contribution in [3.05, 3.63) is 47.7 Å². The monoisotopic (exact) mass is 274 g/mol. The van der Waals surface area contributed by atoms with Gasteiger partial charge in [0.2, 0.25) is 0 Å². The Morgan fingerprint density at radius 3 is 2.74 bits per heavy atom. The highest BCUT2D eigenvalue weighted by Gasteiger charge is 2.18. The fourth-order valence-corrected chi connectivity index (χ4v) is 2.78. The zero-order chi connectivity index (χ0) is 13.9. The number of rotatable bonds is 3. The Balaban J connectivity index is 2.43. The Labute approximate surface area is 110 Å². The van der Waals surface area contributed by atoms with E-state index in [-0.39, 0.29) is 16.3 Å². The topological polar surface area (TPSA) is 95.7 Å². The summed E-state index contributed by atoms with van der Waals surface area (Å²) in [5, 5.41) is 16.1. The van der Waals surface area contributed by atoms with E-state index in [1.807, 2.05) is 6.07 Å². The smallest absolute Gasteiger partial charge is 0.262 e. The third-order valence-electron chi connectivity index (χ3n) is 2.42. The molecule has 1 aromatic heterocycles. The Morgan fingerprint density at radius 2 is 2.11 bits per heavy atom. The molecule has 0 radical (unpaired) electrons. The molecule has 2 rings (SSSR count). The van der Waals surface area contributed by atoms with Crippen molar-refractivity contribution in [2.24, 2.45) is 0 Å². The number of sulfonamides is 1. The second kappa shape index (κ2) is 5.04. The first-order chi connectivity index (χ1) is 9.03. The fraction of sp³-hybridized carbons (Fsp3) is 0.0833. The third-order valence-corrected chi connectivity index (χ3v) is 3.91. The van der Waals surface area contributed by atoms with Gasteiger partial charge in [0, 0.05) is 6.20 Å². The van der Waals surface area contributed by atoms with Crippen molar-refractivity contribution in [2.45, 2.75) is 11.8 Å². The van der Waals surface area contributed by atoms with Gasteiger partial charge in [0.05, 0.1) is 16.5 Å². The number of nitrogens with one attached hydrogen (secondary N) is 1. The Kier molecular flexibility index (Phi) is 3.44. The molecule has 0 bridgehead atoms. The predicted octanol–water partition coefficient (Wildman–Crippen LogP) is 1.46. The summed E-state index contributed by atoms with van der Waals surface area (Å²) in [6, 6.07) is 9.46. The van der Waals surface area contributed by atoms with E-state index < -0.39 is 10.0 Å². The Hall–Kier alpha value is -2.46. The van der Waals surface area contributed by atoms with Gasteiger partial charge in [0.25, 0.3) is 10.0 Å². The molecule has 1 aromatic carbocycles. The number of nitrogens with zero attached hydrogens (tertiary/aromatic N) is 3. The summed E-state index contributed by atoms with van der Waals surface area (Å²) < 4.78 is 26.7.